The van der Waals surface area contributed by atoms with Gasteiger partial charge in [-0.25, -0.2) is 4.39 Å². The molecule has 2 aromatic carbocycles. The van der Waals surface area contributed by atoms with Crippen molar-refractivity contribution in [2.45, 2.75) is 51.2 Å². The molecule has 1 unspecified atom stereocenters. The number of nitrogens with zero attached hydrogens (tertiary/aromatic N) is 1. The van der Waals surface area contributed by atoms with Gasteiger partial charge in [0.1, 0.15) is 11.5 Å². The largest absolute Gasteiger partial charge is 0.375 e. The Bertz CT molecular complexity index is 1250. The number of carbonyl (C=O) groups is 3. The first-order valence-corrected chi connectivity index (χ1v) is 12.1. The Morgan fingerprint density at radius 2 is 1.89 bits per heavy atom. The molecule has 1 atom stereocenters. The van der Waals surface area contributed by atoms with E-state index in [1.165, 1.54) is 12.1 Å². The van der Waals surface area contributed by atoms with E-state index in [1.807, 2.05) is 13.8 Å². The van der Waals surface area contributed by atoms with Crippen LogP contribution in [0.15, 0.2) is 58.7 Å². The molecule has 2 heterocycles. The van der Waals surface area contributed by atoms with Crippen LogP contribution in [0.1, 0.15) is 49.0 Å². The van der Waals surface area contributed by atoms with Crippen LogP contribution in [0.5, 0.6) is 0 Å². The van der Waals surface area contributed by atoms with E-state index < -0.39 is 11.7 Å². The summed E-state index contributed by atoms with van der Waals surface area (Å²) in [6.07, 6.45) is 3.27. The van der Waals surface area contributed by atoms with E-state index in [-0.39, 0.29) is 52.5 Å². The van der Waals surface area contributed by atoms with Gasteiger partial charge in [-0.15, -0.1) is 0 Å². The molecule has 0 spiro atoms. The van der Waals surface area contributed by atoms with E-state index in [0.717, 1.165) is 6.07 Å². The number of benzene rings is 2. The SMILES string of the molecule is CC1(C)CC(NC(=O)C2=C(C(=O)Nc3ccc(CC(=O)c4ccc(F)cc4Cl)cc3)CC=N2)CCO1. The molecule has 2 amide bonds. The second kappa shape index (κ2) is 10.7. The van der Waals surface area contributed by atoms with Gasteiger partial charge in [0.05, 0.1) is 16.2 Å². The molecular weight excluding hydrogens is 485 g/mol. The van der Waals surface area contributed by atoms with Crippen molar-refractivity contribution in [2.24, 2.45) is 4.99 Å². The minimum atomic E-state index is -0.507. The number of carbonyl (C=O) groups excluding carboxylic acids is 3. The molecule has 7 nitrogen and oxygen atoms in total. The van der Waals surface area contributed by atoms with Crippen molar-refractivity contribution in [3.8, 4) is 0 Å². The van der Waals surface area contributed by atoms with Crippen LogP contribution in [0, 0.1) is 5.82 Å². The van der Waals surface area contributed by atoms with Crippen molar-refractivity contribution in [3.05, 3.63) is 75.7 Å². The fourth-order valence-electron chi connectivity index (χ4n) is 4.32. The summed E-state index contributed by atoms with van der Waals surface area (Å²) in [5, 5.41) is 5.83. The highest BCUT2D eigenvalue weighted by molar-refractivity contribution is 6.34. The zero-order valence-electron chi connectivity index (χ0n) is 20.1. The van der Waals surface area contributed by atoms with Crippen molar-refractivity contribution in [3.63, 3.8) is 0 Å². The number of rotatable bonds is 7. The molecule has 2 N–H and O–H groups in total. The summed E-state index contributed by atoms with van der Waals surface area (Å²) in [5.41, 5.74) is 1.58. The Hall–Kier alpha value is -3.36. The van der Waals surface area contributed by atoms with Gasteiger partial charge in [0.25, 0.3) is 11.8 Å². The van der Waals surface area contributed by atoms with E-state index >= 15 is 0 Å². The normalized spacial score (nSPS) is 18.7. The maximum Gasteiger partial charge on any atom is 0.270 e. The summed E-state index contributed by atoms with van der Waals surface area (Å²) in [6.45, 7) is 4.53. The fraction of sp³-hybridized carbons (Fsp3) is 0.333. The van der Waals surface area contributed by atoms with Gasteiger partial charge in [-0.3, -0.25) is 19.4 Å². The molecule has 0 radical (unpaired) electrons. The summed E-state index contributed by atoms with van der Waals surface area (Å²) in [7, 11) is 0. The van der Waals surface area contributed by atoms with Crippen molar-refractivity contribution >= 4 is 41.1 Å². The van der Waals surface area contributed by atoms with Crippen LogP contribution < -0.4 is 10.6 Å². The van der Waals surface area contributed by atoms with Crippen LogP contribution in [-0.4, -0.2) is 42.1 Å². The number of ether oxygens (including phenoxy) is 1. The minimum absolute atomic E-state index is 0.0473. The standard InChI is InChI=1S/C27H27ClFN3O4/c1-27(2)15-19(10-12-36-27)32-26(35)24-21(9-11-30-24)25(34)31-18-6-3-16(4-7-18)13-23(33)20-8-5-17(29)14-22(20)28/h3-8,11,14,19H,9-10,12-13,15H2,1-2H3,(H,31,34)(H,32,35). The third-order valence-electron chi connectivity index (χ3n) is 6.13. The van der Waals surface area contributed by atoms with Crippen molar-refractivity contribution in [1.82, 2.24) is 5.32 Å². The van der Waals surface area contributed by atoms with E-state index in [1.54, 1.807) is 30.5 Å². The molecule has 9 heteroatoms. The lowest BCUT2D eigenvalue weighted by Gasteiger charge is -2.35. The molecular formula is C27H27ClFN3O4. The first-order valence-electron chi connectivity index (χ1n) is 11.7. The molecule has 0 saturated carbocycles. The van der Waals surface area contributed by atoms with Gasteiger partial charge >= 0.3 is 0 Å². The summed E-state index contributed by atoms with van der Waals surface area (Å²) >= 11 is 5.98. The van der Waals surface area contributed by atoms with Gasteiger partial charge in [0.15, 0.2) is 5.78 Å². The molecule has 4 rings (SSSR count). The summed E-state index contributed by atoms with van der Waals surface area (Å²) < 4.78 is 18.9. The van der Waals surface area contributed by atoms with Crippen LogP contribution in [0.3, 0.4) is 0 Å². The molecule has 188 valence electrons. The molecule has 1 saturated heterocycles. The third kappa shape index (κ3) is 6.25. The Morgan fingerprint density at radius 3 is 2.58 bits per heavy atom. The van der Waals surface area contributed by atoms with Crippen LogP contribution >= 0.6 is 11.6 Å². The molecule has 36 heavy (non-hydrogen) atoms. The zero-order chi connectivity index (χ0) is 25.9. The topological polar surface area (TPSA) is 96.9 Å². The van der Waals surface area contributed by atoms with E-state index in [9.17, 15) is 18.8 Å². The number of anilines is 1. The first-order chi connectivity index (χ1) is 17.1. The van der Waals surface area contributed by atoms with Gasteiger partial charge in [-0.05, 0) is 62.6 Å². The smallest absolute Gasteiger partial charge is 0.270 e. The lowest BCUT2D eigenvalue weighted by molar-refractivity contribution is -0.121. The predicted octanol–water partition coefficient (Wildman–Crippen LogP) is 4.65. The number of Topliss-reactive ketones (excluding diaryl/α,β-unsaturated/α-hetero) is 1. The monoisotopic (exact) mass is 511 g/mol. The van der Waals surface area contributed by atoms with Gasteiger partial charge < -0.3 is 15.4 Å². The number of amides is 2. The summed E-state index contributed by atoms with van der Waals surface area (Å²) in [5.74, 6) is -1.53. The quantitative estimate of drug-likeness (QED) is 0.529. The third-order valence-corrected chi connectivity index (χ3v) is 6.44. The maximum absolute atomic E-state index is 13.2. The van der Waals surface area contributed by atoms with Gasteiger partial charge in [-0.1, -0.05) is 23.7 Å². The summed E-state index contributed by atoms with van der Waals surface area (Å²) in [6, 6.07) is 10.4. The lowest BCUT2D eigenvalue weighted by Crippen LogP contribution is -2.46. The van der Waals surface area contributed by atoms with Gasteiger partial charge in [0.2, 0.25) is 0 Å². The zero-order valence-corrected chi connectivity index (χ0v) is 20.8. The van der Waals surface area contributed by atoms with Gasteiger partial charge in [-0.2, -0.15) is 0 Å². The van der Waals surface area contributed by atoms with Crippen molar-refractivity contribution < 1.29 is 23.5 Å². The first kappa shape index (κ1) is 25.7. The van der Waals surface area contributed by atoms with Crippen LogP contribution in [0.25, 0.3) is 0 Å². The van der Waals surface area contributed by atoms with E-state index in [4.69, 9.17) is 16.3 Å². The van der Waals surface area contributed by atoms with Gasteiger partial charge in [0, 0.05) is 43.0 Å². The molecule has 0 aromatic heterocycles. The highest BCUT2D eigenvalue weighted by Gasteiger charge is 2.31. The average molecular weight is 512 g/mol. The molecule has 2 aliphatic rings. The number of nitrogens with one attached hydrogen (secondary N) is 2. The maximum atomic E-state index is 13.2. The van der Waals surface area contributed by atoms with E-state index in [0.29, 0.717) is 36.3 Å². The Morgan fingerprint density at radius 1 is 1.14 bits per heavy atom. The molecule has 0 aliphatic carbocycles. The lowest BCUT2D eigenvalue weighted by atomic mass is 9.94. The number of halogens is 2. The number of aliphatic imine (C=N–C) groups is 1. The number of hydrogen-bond donors (Lipinski definition) is 2. The second-order valence-electron chi connectivity index (χ2n) is 9.49. The second-order valence-corrected chi connectivity index (χ2v) is 9.90. The van der Waals surface area contributed by atoms with E-state index in [2.05, 4.69) is 15.6 Å². The van der Waals surface area contributed by atoms with Crippen molar-refractivity contribution in [2.75, 3.05) is 11.9 Å². The summed E-state index contributed by atoms with van der Waals surface area (Å²) in [4.78, 5) is 42.4. The fourth-order valence-corrected chi connectivity index (χ4v) is 4.59. The predicted molar refractivity (Wildman–Crippen MR) is 136 cm³/mol. The average Bonchev–Trinajstić information content (AvgIpc) is 3.30. The molecule has 1 fully saturated rings. The molecule has 2 aliphatic heterocycles. The number of hydrogen-bond acceptors (Lipinski definition) is 5. The molecule has 0 bridgehead atoms. The minimum Gasteiger partial charge on any atom is -0.375 e. The van der Waals surface area contributed by atoms with Crippen LogP contribution in [0.4, 0.5) is 10.1 Å². The number of ketones is 1. The highest BCUT2D eigenvalue weighted by atomic mass is 35.5. The highest BCUT2D eigenvalue weighted by Crippen LogP contribution is 2.25. The Kier molecular flexibility index (Phi) is 7.66. The Labute approximate surface area is 213 Å². The van der Waals surface area contributed by atoms with Crippen molar-refractivity contribution in [1.29, 1.82) is 0 Å². The Balaban J connectivity index is 1.37. The van der Waals surface area contributed by atoms with Crippen LogP contribution in [0.2, 0.25) is 5.02 Å². The van der Waals surface area contributed by atoms with Crippen LogP contribution in [-0.2, 0) is 20.7 Å². The molecule has 2 aromatic rings.